The predicted molar refractivity (Wildman–Crippen MR) is 383 cm³/mol. The molecule has 0 aromatic carbocycles. The van der Waals surface area contributed by atoms with Crippen LogP contribution in [0.3, 0.4) is 0 Å². The van der Waals surface area contributed by atoms with Gasteiger partial charge in [0.15, 0.2) is 6.29 Å². The third kappa shape index (κ3) is 57.3. The number of ether oxygens (including phenoxy) is 2. The summed E-state index contributed by atoms with van der Waals surface area (Å²) in [6.07, 6.45) is 87.9. The van der Waals surface area contributed by atoms with Gasteiger partial charge in [0.25, 0.3) is 0 Å². The molecule has 0 aromatic rings. The maximum Gasteiger partial charge on any atom is 0.220 e. The SMILES string of the molecule is CC/C=C\C/C=C\C/C=C\C/C=C\CCCCCCCCCCCCCCCCCCCCCCCCCCC(=O)NC(COC1OC(CO)C(O)C(O)C1O)C(O)CCCCCCCCCCCCCCCCCCCCCCCCCCCCCCC. The minimum Gasteiger partial charge on any atom is -0.394 e. The zero-order valence-electron chi connectivity index (χ0n) is 59.0. The highest BCUT2D eigenvalue weighted by atomic mass is 16.7. The molecule has 0 saturated carbocycles. The number of unbranched alkanes of at least 4 members (excludes halogenated alkanes) is 52. The Morgan fingerprint density at radius 1 is 0.393 bits per heavy atom. The van der Waals surface area contributed by atoms with E-state index in [1.54, 1.807) is 0 Å². The molecule has 9 heteroatoms. The Bertz CT molecular complexity index is 1550. The van der Waals surface area contributed by atoms with E-state index in [2.05, 4.69) is 67.8 Å². The van der Waals surface area contributed by atoms with Crippen molar-refractivity contribution in [3.63, 3.8) is 0 Å². The van der Waals surface area contributed by atoms with Gasteiger partial charge in [0.05, 0.1) is 25.4 Å². The second-order valence-electron chi connectivity index (χ2n) is 27.5. The maximum absolute atomic E-state index is 13.2. The number of amides is 1. The average molecular weight is 1260 g/mol. The van der Waals surface area contributed by atoms with Crippen LogP contribution in [0.4, 0.5) is 0 Å². The van der Waals surface area contributed by atoms with Crippen LogP contribution < -0.4 is 5.32 Å². The molecule has 1 saturated heterocycles. The summed E-state index contributed by atoms with van der Waals surface area (Å²) in [7, 11) is 0. The number of hydrogen-bond donors (Lipinski definition) is 6. The Labute approximate surface area is 552 Å². The highest BCUT2D eigenvalue weighted by Crippen LogP contribution is 2.24. The first-order valence-corrected chi connectivity index (χ1v) is 39.3. The van der Waals surface area contributed by atoms with Gasteiger partial charge in [-0.25, -0.2) is 0 Å². The third-order valence-electron chi connectivity index (χ3n) is 18.9. The number of rotatable bonds is 70. The van der Waals surface area contributed by atoms with Crippen LogP contribution in [0.1, 0.15) is 399 Å². The zero-order valence-corrected chi connectivity index (χ0v) is 59.0. The van der Waals surface area contributed by atoms with E-state index >= 15 is 0 Å². The number of carbonyl (C=O) groups excluding carboxylic acids is 1. The van der Waals surface area contributed by atoms with E-state index in [1.165, 1.54) is 308 Å². The number of aliphatic hydroxyl groups excluding tert-OH is 5. The molecule has 89 heavy (non-hydrogen) atoms. The van der Waals surface area contributed by atoms with Crippen molar-refractivity contribution >= 4 is 5.91 Å². The number of nitrogens with one attached hydrogen (secondary N) is 1. The van der Waals surface area contributed by atoms with Gasteiger partial charge in [-0.15, -0.1) is 0 Å². The highest BCUT2D eigenvalue weighted by molar-refractivity contribution is 5.76. The molecule has 1 fully saturated rings. The lowest BCUT2D eigenvalue weighted by molar-refractivity contribution is -0.302. The molecule has 0 aromatic heterocycles. The highest BCUT2D eigenvalue weighted by Gasteiger charge is 2.44. The van der Waals surface area contributed by atoms with Crippen LogP contribution >= 0.6 is 0 Å². The van der Waals surface area contributed by atoms with Gasteiger partial charge in [0.2, 0.25) is 5.91 Å². The monoisotopic (exact) mass is 1250 g/mol. The molecule has 1 rings (SSSR count). The molecule has 1 heterocycles. The van der Waals surface area contributed by atoms with E-state index in [4.69, 9.17) is 9.47 Å². The molecule has 7 atom stereocenters. The summed E-state index contributed by atoms with van der Waals surface area (Å²) < 4.78 is 11.4. The molecular formula is C80H151NO8. The van der Waals surface area contributed by atoms with Crippen molar-refractivity contribution in [3.05, 3.63) is 48.6 Å². The molecule has 0 aliphatic carbocycles. The van der Waals surface area contributed by atoms with Gasteiger partial charge in [-0.1, -0.05) is 390 Å². The van der Waals surface area contributed by atoms with Crippen LogP contribution in [-0.2, 0) is 14.3 Å². The van der Waals surface area contributed by atoms with E-state index in [9.17, 15) is 30.3 Å². The Hall–Kier alpha value is -1.85. The predicted octanol–water partition coefficient (Wildman–Crippen LogP) is 22.3. The summed E-state index contributed by atoms with van der Waals surface area (Å²) in [6, 6.07) is -0.720. The van der Waals surface area contributed by atoms with E-state index in [1.807, 2.05) is 0 Å². The summed E-state index contributed by atoms with van der Waals surface area (Å²) >= 11 is 0. The standard InChI is InChI=1S/C80H151NO8/c1-3-5-7-9-11-13-15-17-19-21-23-25-27-29-31-33-34-35-36-37-38-39-40-42-44-46-48-50-52-54-56-58-60-62-64-66-68-70-76(84)81-73(72-88-80-79(87)78(86)77(85)75(71-82)89-80)74(83)69-67-65-63-61-59-57-55-53-51-49-47-45-43-41-32-30-28-26-24-22-20-18-16-14-12-10-8-6-4-2/h5,7,11,13,17,19,23,25,73-75,77-80,82-83,85-87H,3-4,6,8-10,12,14-16,18,20-22,24,26-72H2,1-2H3,(H,81,84)/b7-5-,13-11-,19-17-,25-23-. The van der Waals surface area contributed by atoms with Crippen molar-refractivity contribution < 1.29 is 39.8 Å². The largest absolute Gasteiger partial charge is 0.394 e. The number of carbonyl (C=O) groups is 1. The van der Waals surface area contributed by atoms with Crippen molar-refractivity contribution in [3.8, 4) is 0 Å². The lowest BCUT2D eigenvalue weighted by Gasteiger charge is -2.40. The second kappa shape index (κ2) is 69.0. The van der Waals surface area contributed by atoms with Gasteiger partial charge in [0.1, 0.15) is 24.4 Å². The zero-order chi connectivity index (χ0) is 64.2. The summed E-state index contributed by atoms with van der Waals surface area (Å²) in [5.41, 5.74) is 0. The van der Waals surface area contributed by atoms with Crippen molar-refractivity contribution in [2.45, 2.75) is 442 Å². The number of allylic oxidation sites excluding steroid dienone is 8. The normalized spacial score (nSPS) is 18.0. The van der Waals surface area contributed by atoms with Crippen LogP contribution in [0.5, 0.6) is 0 Å². The van der Waals surface area contributed by atoms with E-state index in [0.29, 0.717) is 12.8 Å². The van der Waals surface area contributed by atoms with Crippen molar-refractivity contribution in [1.82, 2.24) is 5.32 Å². The smallest absolute Gasteiger partial charge is 0.220 e. The molecular weight excluding hydrogens is 1100 g/mol. The van der Waals surface area contributed by atoms with Crippen LogP contribution in [0.25, 0.3) is 0 Å². The van der Waals surface area contributed by atoms with Gasteiger partial charge in [0, 0.05) is 6.42 Å². The first kappa shape index (κ1) is 85.2. The third-order valence-corrected chi connectivity index (χ3v) is 18.9. The van der Waals surface area contributed by atoms with Crippen molar-refractivity contribution in [2.75, 3.05) is 13.2 Å². The summed E-state index contributed by atoms with van der Waals surface area (Å²) in [5, 5.41) is 55.1. The lowest BCUT2D eigenvalue weighted by Crippen LogP contribution is -2.60. The topological polar surface area (TPSA) is 149 Å². The molecule has 6 N–H and O–H groups in total. The fourth-order valence-electron chi connectivity index (χ4n) is 12.9. The van der Waals surface area contributed by atoms with Crippen molar-refractivity contribution in [2.24, 2.45) is 0 Å². The van der Waals surface area contributed by atoms with Gasteiger partial charge < -0.3 is 40.3 Å². The van der Waals surface area contributed by atoms with E-state index in [0.717, 1.165) is 64.2 Å². The summed E-state index contributed by atoms with van der Waals surface area (Å²) in [5.74, 6) is -0.135. The van der Waals surface area contributed by atoms with Gasteiger partial charge in [-0.3, -0.25) is 4.79 Å². The van der Waals surface area contributed by atoms with Crippen LogP contribution in [0.15, 0.2) is 48.6 Å². The summed E-state index contributed by atoms with van der Waals surface area (Å²) in [6.45, 7) is 3.79. The van der Waals surface area contributed by atoms with Gasteiger partial charge in [-0.2, -0.15) is 0 Å². The maximum atomic E-state index is 13.2. The molecule has 1 aliphatic heterocycles. The Morgan fingerprint density at radius 3 is 1.03 bits per heavy atom. The Balaban J connectivity index is 2.04. The molecule has 7 unspecified atom stereocenters. The van der Waals surface area contributed by atoms with Crippen LogP contribution in [0.2, 0.25) is 0 Å². The fraction of sp³-hybridized carbons (Fsp3) is 0.887. The fourth-order valence-corrected chi connectivity index (χ4v) is 12.9. The molecule has 9 nitrogen and oxygen atoms in total. The second-order valence-corrected chi connectivity index (χ2v) is 27.5. The minimum absolute atomic E-state index is 0.133. The molecule has 0 spiro atoms. The summed E-state index contributed by atoms with van der Waals surface area (Å²) in [4.78, 5) is 13.2. The van der Waals surface area contributed by atoms with E-state index < -0.39 is 49.5 Å². The molecule has 1 aliphatic rings. The quantitative estimate of drug-likeness (QED) is 0.0261. The first-order valence-electron chi connectivity index (χ1n) is 39.3. The first-order chi connectivity index (χ1) is 43.8. The average Bonchev–Trinajstić information content (AvgIpc) is 2.28. The molecule has 1 amide bonds. The van der Waals surface area contributed by atoms with Crippen LogP contribution in [-0.4, -0.2) is 87.5 Å². The number of aliphatic hydroxyl groups is 5. The van der Waals surface area contributed by atoms with Crippen LogP contribution in [0, 0.1) is 0 Å². The Kier molecular flexibility index (Phi) is 66.0. The molecule has 0 bridgehead atoms. The van der Waals surface area contributed by atoms with Gasteiger partial charge in [-0.05, 0) is 51.4 Å². The molecule has 0 radical (unpaired) electrons. The Morgan fingerprint density at radius 2 is 0.697 bits per heavy atom. The van der Waals surface area contributed by atoms with E-state index in [-0.39, 0.29) is 12.5 Å². The van der Waals surface area contributed by atoms with Gasteiger partial charge >= 0.3 is 0 Å². The van der Waals surface area contributed by atoms with Crippen molar-refractivity contribution in [1.29, 1.82) is 0 Å². The lowest BCUT2D eigenvalue weighted by atomic mass is 9.99. The minimum atomic E-state index is -1.55. The molecule has 524 valence electrons. The number of hydrogen-bond acceptors (Lipinski definition) is 8.